The number of fused-ring (bicyclic) bond motifs is 1. The van der Waals surface area contributed by atoms with Crippen molar-refractivity contribution in [3.05, 3.63) is 23.4 Å². The van der Waals surface area contributed by atoms with Crippen LogP contribution in [0.3, 0.4) is 0 Å². The Morgan fingerprint density at radius 2 is 2.12 bits per heavy atom. The lowest BCUT2D eigenvalue weighted by Gasteiger charge is -2.39. The Balaban J connectivity index is 1.85. The van der Waals surface area contributed by atoms with Crippen molar-refractivity contribution in [2.45, 2.75) is 78.5 Å². The molecule has 0 aromatic rings. The maximum Gasteiger partial charge on any atom is 0.227 e. The van der Waals surface area contributed by atoms with Crippen LogP contribution in [-0.4, -0.2) is 40.1 Å². The average molecular weight is 345 g/mol. The topological polar surface area (TPSA) is 64.9 Å². The van der Waals surface area contributed by atoms with Gasteiger partial charge < -0.3 is 10.0 Å². The first-order chi connectivity index (χ1) is 11.7. The SMILES string of the molecule is CC(O)C1=CC(C)C2N=C(NC(=O)CC(C)(C)C)N(C3CCC3)C2=C1. The zero-order chi connectivity index (χ0) is 18.4. The van der Waals surface area contributed by atoms with E-state index in [0.717, 1.165) is 24.1 Å². The fourth-order valence-electron chi connectivity index (χ4n) is 3.71. The molecule has 3 unspecified atom stereocenters. The molecule has 5 nitrogen and oxygen atoms in total. The highest BCUT2D eigenvalue weighted by atomic mass is 16.3. The van der Waals surface area contributed by atoms with Crippen LogP contribution in [0.25, 0.3) is 0 Å². The fraction of sp³-hybridized carbons (Fsp3) is 0.700. The maximum absolute atomic E-state index is 12.5. The molecule has 3 aliphatic rings. The zero-order valence-electron chi connectivity index (χ0n) is 16.0. The van der Waals surface area contributed by atoms with Crippen LogP contribution >= 0.6 is 0 Å². The van der Waals surface area contributed by atoms with E-state index in [4.69, 9.17) is 4.99 Å². The number of hydrogen-bond acceptors (Lipinski definition) is 4. The van der Waals surface area contributed by atoms with Crippen molar-refractivity contribution >= 4 is 11.9 Å². The molecule has 1 aliphatic heterocycles. The molecule has 1 heterocycles. The second-order valence-electron chi connectivity index (χ2n) is 8.91. The highest BCUT2D eigenvalue weighted by molar-refractivity contribution is 5.99. The lowest BCUT2D eigenvalue weighted by atomic mass is 9.86. The van der Waals surface area contributed by atoms with E-state index in [-0.39, 0.29) is 23.3 Å². The lowest BCUT2D eigenvalue weighted by Crippen LogP contribution is -2.49. The van der Waals surface area contributed by atoms with Gasteiger partial charge in [-0.25, -0.2) is 4.99 Å². The molecule has 3 rings (SSSR count). The van der Waals surface area contributed by atoms with Crippen molar-refractivity contribution in [2.75, 3.05) is 0 Å². The summed E-state index contributed by atoms with van der Waals surface area (Å²) in [6.45, 7) is 10.1. The second-order valence-corrected chi connectivity index (χ2v) is 8.91. The highest BCUT2D eigenvalue weighted by Crippen LogP contribution is 2.39. The Hall–Kier alpha value is -1.62. The standard InChI is InChI=1S/C20H31N3O2/c1-12-9-14(13(2)24)10-16-18(12)22-19(23(16)15-7-6-8-15)21-17(25)11-20(3,4)5/h9-10,12-13,15,18,24H,6-8,11H2,1-5H3,(H,21,22,25). The minimum absolute atomic E-state index is 0.0196. The third-order valence-electron chi connectivity index (χ3n) is 5.20. The average Bonchev–Trinajstić information content (AvgIpc) is 2.74. The van der Waals surface area contributed by atoms with Crippen LogP contribution in [0, 0.1) is 11.3 Å². The van der Waals surface area contributed by atoms with Gasteiger partial charge in [-0.1, -0.05) is 33.8 Å². The van der Waals surface area contributed by atoms with Gasteiger partial charge in [0.1, 0.15) is 0 Å². The number of nitrogens with zero attached hydrogens (tertiary/aromatic N) is 2. The fourth-order valence-corrected chi connectivity index (χ4v) is 3.71. The molecular formula is C20H31N3O2. The first-order valence-corrected chi connectivity index (χ1v) is 9.44. The molecule has 1 amide bonds. The number of carbonyl (C=O) groups is 1. The van der Waals surface area contributed by atoms with Crippen molar-refractivity contribution in [1.82, 2.24) is 10.2 Å². The maximum atomic E-state index is 12.5. The Labute approximate surface area is 150 Å². The van der Waals surface area contributed by atoms with Crippen LogP contribution in [0.2, 0.25) is 0 Å². The Kier molecular flexibility index (Phi) is 4.80. The van der Waals surface area contributed by atoms with Crippen LogP contribution in [-0.2, 0) is 4.79 Å². The van der Waals surface area contributed by atoms with Crippen LogP contribution in [0.4, 0.5) is 0 Å². The van der Waals surface area contributed by atoms with Crippen molar-refractivity contribution < 1.29 is 9.90 Å². The van der Waals surface area contributed by atoms with Crippen LogP contribution in [0.5, 0.6) is 0 Å². The molecule has 0 radical (unpaired) electrons. The van der Waals surface area contributed by atoms with E-state index in [0.29, 0.717) is 18.4 Å². The Bertz CT molecular complexity index is 636. The predicted molar refractivity (Wildman–Crippen MR) is 99.9 cm³/mol. The van der Waals surface area contributed by atoms with Gasteiger partial charge in [0.15, 0.2) is 0 Å². The minimum Gasteiger partial charge on any atom is -0.389 e. The minimum atomic E-state index is -0.487. The zero-order valence-corrected chi connectivity index (χ0v) is 16.0. The molecule has 0 saturated heterocycles. The van der Waals surface area contributed by atoms with E-state index in [9.17, 15) is 9.90 Å². The van der Waals surface area contributed by atoms with Crippen LogP contribution in [0.1, 0.15) is 60.3 Å². The largest absolute Gasteiger partial charge is 0.389 e. The number of carbonyl (C=O) groups excluding carboxylic acids is 1. The summed E-state index contributed by atoms with van der Waals surface area (Å²) in [5.41, 5.74) is 2.02. The molecule has 0 spiro atoms. The number of hydrogen-bond donors (Lipinski definition) is 2. The summed E-state index contributed by atoms with van der Waals surface area (Å²) < 4.78 is 0. The number of aliphatic hydroxyl groups is 1. The Morgan fingerprint density at radius 1 is 1.44 bits per heavy atom. The predicted octanol–water partition coefficient (Wildman–Crippen LogP) is 2.97. The van der Waals surface area contributed by atoms with E-state index >= 15 is 0 Å². The normalized spacial score (nSPS) is 27.8. The van der Waals surface area contributed by atoms with Gasteiger partial charge in [-0.05, 0) is 43.3 Å². The number of aliphatic hydroxyl groups excluding tert-OH is 1. The summed E-state index contributed by atoms with van der Waals surface area (Å²) in [7, 11) is 0. The number of rotatable bonds is 3. The molecule has 5 heteroatoms. The van der Waals surface area contributed by atoms with E-state index in [2.05, 4.69) is 50.1 Å². The van der Waals surface area contributed by atoms with Gasteiger partial charge in [0, 0.05) is 24.1 Å². The van der Waals surface area contributed by atoms with Crippen molar-refractivity contribution in [3.63, 3.8) is 0 Å². The summed E-state index contributed by atoms with van der Waals surface area (Å²) in [6.07, 6.45) is 7.62. The quantitative estimate of drug-likeness (QED) is 0.826. The molecule has 0 bridgehead atoms. The van der Waals surface area contributed by atoms with Gasteiger partial charge in [0.05, 0.1) is 12.1 Å². The number of guanidine groups is 1. The lowest BCUT2D eigenvalue weighted by molar-refractivity contribution is -0.121. The van der Waals surface area contributed by atoms with Gasteiger partial charge in [-0.15, -0.1) is 0 Å². The van der Waals surface area contributed by atoms with Crippen molar-refractivity contribution in [3.8, 4) is 0 Å². The summed E-state index contributed by atoms with van der Waals surface area (Å²) in [6, 6.07) is 0.443. The van der Waals surface area contributed by atoms with E-state index in [1.807, 2.05) is 0 Å². The first kappa shape index (κ1) is 18.2. The molecule has 0 aromatic carbocycles. The molecule has 2 aliphatic carbocycles. The van der Waals surface area contributed by atoms with E-state index < -0.39 is 6.10 Å². The molecule has 2 N–H and O–H groups in total. The van der Waals surface area contributed by atoms with Crippen molar-refractivity contribution in [2.24, 2.45) is 16.3 Å². The van der Waals surface area contributed by atoms with Crippen molar-refractivity contribution in [1.29, 1.82) is 0 Å². The van der Waals surface area contributed by atoms with Gasteiger partial charge in [-0.3, -0.25) is 10.1 Å². The van der Waals surface area contributed by atoms with Gasteiger partial charge in [0.25, 0.3) is 0 Å². The summed E-state index contributed by atoms with van der Waals surface area (Å²) in [5, 5.41) is 13.1. The summed E-state index contributed by atoms with van der Waals surface area (Å²) >= 11 is 0. The summed E-state index contributed by atoms with van der Waals surface area (Å²) in [5.74, 6) is 0.928. The molecule has 1 fully saturated rings. The number of nitrogens with one attached hydrogen (secondary N) is 1. The van der Waals surface area contributed by atoms with Gasteiger partial charge >= 0.3 is 0 Å². The van der Waals surface area contributed by atoms with Gasteiger partial charge in [-0.2, -0.15) is 0 Å². The second kappa shape index (κ2) is 6.60. The first-order valence-electron chi connectivity index (χ1n) is 9.44. The summed E-state index contributed by atoms with van der Waals surface area (Å²) in [4.78, 5) is 19.5. The smallest absolute Gasteiger partial charge is 0.227 e. The highest BCUT2D eigenvalue weighted by Gasteiger charge is 2.42. The monoisotopic (exact) mass is 345 g/mol. The van der Waals surface area contributed by atoms with Gasteiger partial charge in [0.2, 0.25) is 11.9 Å². The van der Waals surface area contributed by atoms with Crippen LogP contribution < -0.4 is 5.32 Å². The third kappa shape index (κ3) is 3.81. The number of amides is 1. The molecule has 25 heavy (non-hydrogen) atoms. The van der Waals surface area contributed by atoms with Crippen LogP contribution in [0.15, 0.2) is 28.4 Å². The van der Waals surface area contributed by atoms with E-state index in [1.165, 1.54) is 6.42 Å². The molecular weight excluding hydrogens is 314 g/mol. The molecule has 3 atom stereocenters. The molecule has 138 valence electrons. The molecule has 0 aromatic heterocycles. The molecule has 1 saturated carbocycles. The Morgan fingerprint density at radius 3 is 2.64 bits per heavy atom. The third-order valence-corrected chi connectivity index (χ3v) is 5.20. The van der Waals surface area contributed by atoms with E-state index in [1.54, 1.807) is 6.92 Å². The number of aliphatic imine (C=N–C) groups is 1.